The van der Waals surface area contributed by atoms with Gasteiger partial charge in [-0.05, 0) is 56.7 Å². The van der Waals surface area contributed by atoms with Gasteiger partial charge in [0.25, 0.3) is 0 Å². The molecule has 5 nitrogen and oxygen atoms in total. The lowest BCUT2D eigenvalue weighted by molar-refractivity contribution is -0.254. The molecule has 0 radical (unpaired) electrons. The normalized spacial score (nSPS) is 10.8. The van der Waals surface area contributed by atoms with Gasteiger partial charge >= 0.3 is 0 Å². The topological polar surface area (TPSA) is 71.5 Å². The number of carboxylic acid groups (broad SMARTS) is 1. The number of hydrogen-bond donors (Lipinski definition) is 0. The molecule has 0 atom stereocenters. The summed E-state index contributed by atoms with van der Waals surface area (Å²) in [6.45, 7) is 6.95. The van der Waals surface area contributed by atoms with E-state index >= 15 is 0 Å². The van der Waals surface area contributed by atoms with E-state index in [2.05, 4.69) is 4.98 Å². The van der Waals surface area contributed by atoms with E-state index in [-0.39, 0.29) is 5.56 Å². The third-order valence-corrected chi connectivity index (χ3v) is 4.19. The number of fused-ring (bicyclic) bond motifs is 1. The number of carbonyl (C=O) groups excluding carboxylic acids is 1. The van der Waals surface area contributed by atoms with E-state index in [1.54, 1.807) is 6.07 Å². The lowest BCUT2D eigenvalue weighted by atomic mass is 10.0. The summed E-state index contributed by atoms with van der Waals surface area (Å²) in [5.74, 6) is 0.0606. The summed E-state index contributed by atoms with van der Waals surface area (Å²) in [6, 6.07) is 12.6. The van der Waals surface area contributed by atoms with E-state index in [0.717, 1.165) is 17.5 Å². The summed E-state index contributed by atoms with van der Waals surface area (Å²) in [4.78, 5) is 16.3. The molecule has 0 aliphatic carbocycles. The Labute approximate surface area is 158 Å². The molecule has 0 spiro atoms. The molecule has 0 bridgehead atoms. The minimum absolute atomic E-state index is 0.128. The van der Waals surface area contributed by atoms with E-state index in [1.165, 1.54) is 0 Å². The lowest BCUT2D eigenvalue weighted by Gasteiger charge is -2.14. The fourth-order valence-electron chi connectivity index (χ4n) is 2.92. The van der Waals surface area contributed by atoms with Crippen molar-refractivity contribution in [2.24, 2.45) is 0 Å². The van der Waals surface area contributed by atoms with Crippen molar-refractivity contribution in [3.8, 4) is 22.8 Å². The maximum absolute atomic E-state index is 11.7. The van der Waals surface area contributed by atoms with Crippen LogP contribution in [0.4, 0.5) is 0 Å². The molecule has 27 heavy (non-hydrogen) atoms. The zero-order chi connectivity index (χ0) is 19.4. The maximum atomic E-state index is 11.7. The fraction of sp³-hybridized carbons (Fsp3) is 0.273. The highest BCUT2D eigenvalue weighted by Crippen LogP contribution is 2.34. The fourth-order valence-corrected chi connectivity index (χ4v) is 2.92. The van der Waals surface area contributed by atoms with Crippen molar-refractivity contribution in [3.63, 3.8) is 0 Å². The van der Waals surface area contributed by atoms with Gasteiger partial charge in [0, 0.05) is 16.5 Å². The molecular weight excluding hydrogens is 342 g/mol. The van der Waals surface area contributed by atoms with Crippen molar-refractivity contribution in [2.45, 2.75) is 27.2 Å². The molecule has 0 saturated heterocycles. The first-order valence-electron chi connectivity index (χ1n) is 9.06. The van der Waals surface area contributed by atoms with Gasteiger partial charge in [-0.15, -0.1) is 0 Å². The number of nitrogens with zero attached hydrogens (tertiary/aromatic N) is 1. The molecule has 3 aromatic rings. The highest BCUT2D eigenvalue weighted by atomic mass is 16.5. The molecule has 0 N–H and O–H groups in total. The van der Waals surface area contributed by atoms with E-state index in [9.17, 15) is 9.90 Å². The molecule has 140 valence electrons. The molecular formula is C22H22NO4-. The van der Waals surface area contributed by atoms with E-state index in [4.69, 9.17) is 9.47 Å². The van der Waals surface area contributed by atoms with Crippen molar-refractivity contribution in [3.05, 3.63) is 53.6 Å². The van der Waals surface area contributed by atoms with Gasteiger partial charge in [0.05, 0.1) is 30.4 Å². The zero-order valence-electron chi connectivity index (χ0n) is 15.7. The molecule has 1 aromatic heterocycles. The van der Waals surface area contributed by atoms with Crippen LogP contribution in [0.3, 0.4) is 0 Å². The summed E-state index contributed by atoms with van der Waals surface area (Å²) in [5, 5.41) is 12.2. The average molecular weight is 364 g/mol. The van der Waals surface area contributed by atoms with Gasteiger partial charge in [-0.25, -0.2) is 4.98 Å². The number of aromatic carboxylic acids is 1. The van der Waals surface area contributed by atoms with Gasteiger partial charge in [-0.2, -0.15) is 0 Å². The number of carboxylic acids is 1. The summed E-state index contributed by atoms with van der Waals surface area (Å²) >= 11 is 0. The van der Waals surface area contributed by atoms with Crippen molar-refractivity contribution < 1.29 is 19.4 Å². The first kappa shape index (κ1) is 18.7. The maximum Gasteiger partial charge on any atom is 0.161 e. The average Bonchev–Trinajstić information content (AvgIpc) is 2.66. The standard InChI is InChI=1S/C22H23NO4/c1-4-10-27-20-9-7-15(12-21(20)26-5-2)19-13-17(22(24)25)16-11-14(3)6-8-18(16)23-19/h6-9,11-13H,4-5,10H2,1-3H3,(H,24,25)/p-1. The molecule has 0 unspecified atom stereocenters. The minimum Gasteiger partial charge on any atom is -0.545 e. The Hall–Kier alpha value is -3.08. The molecule has 0 fully saturated rings. The highest BCUT2D eigenvalue weighted by Gasteiger charge is 2.12. The van der Waals surface area contributed by atoms with Gasteiger partial charge in [0.1, 0.15) is 0 Å². The third-order valence-electron chi connectivity index (χ3n) is 4.19. The number of pyridine rings is 1. The van der Waals surface area contributed by atoms with Gasteiger partial charge < -0.3 is 19.4 Å². The second-order valence-corrected chi connectivity index (χ2v) is 6.31. The van der Waals surface area contributed by atoms with Crippen LogP contribution in [0.5, 0.6) is 11.5 Å². The van der Waals surface area contributed by atoms with Crippen molar-refractivity contribution in [1.82, 2.24) is 4.98 Å². The first-order valence-corrected chi connectivity index (χ1v) is 9.06. The Balaban J connectivity index is 2.12. The molecule has 5 heteroatoms. The second-order valence-electron chi connectivity index (χ2n) is 6.31. The first-order chi connectivity index (χ1) is 13.0. The van der Waals surface area contributed by atoms with E-state index in [1.807, 2.05) is 57.2 Å². The molecule has 0 aliphatic rings. The number of aromatic nitrogens is 1. The van der Waals surface area contributed by atoms with E-state index < -0.39 is 5.97 Å². The Morgan fingerprint density at radius 1 is 1.04 bits per heavy atom. The van der Waals surface area contributed by atoms with Crippen LogP contribution in [0.25, 0.3) is 22.2 Å². The van der Waals surface area contributed by atoms with Crippen LogP contribution < -0.4 is 14.6 Å². The highest BCUT2D eigenvalue weighted by molar-refractivity contribution is 6.03. The molecule has 3 rings (SSSR count). The Morgan fingerprint density at radius 3 is 2.56 bits per heavy atom. The van der Waals surface area contributed by atoms with Gasteiger partial charge in [0.15, 0.2) is 11.5 Å². The van der Waals surface area contributed by atoms with Crippen LogP contribution in [-0.4, -0.2) is 24.2 Å². The van der Waals surface area contributed by atoms with E-state index in [0.29, 0.717) is 41.3 Å². The summed E-state index contributed by atoms with van der Waals surface area (Å²) < 4.78 is 11.4. The predicted molar refractivity (Wildman–Crippen MR) is 103 cm³/mol. The number of ether oxygens (including phenoxy) is 2. The summed E-state index contributed by atoms with van der Waals surface area (Å²) in [6.07, 6.45) is 0.897. The van der Waals surface area contributed by atoms with Crippen LogP contribution in [0, 0.1) is 6.92 Å². The zero-order valence-corrected chi connectivity index (χ0v) is 15.7. The molecule has 1 heterocycles. The van der Waals surface area contributed by atoms with Crippen LogP contribution in [0.1, 0.15) is 36.2 Å². The van der Waals surface area contributed by atoms with Crippen molar-refractivity contribution in [1.29, 1.82) is 0 Å². The van der Waals surface area contributed by atoms with Gasteiger partial charge in [0.2, 0.25) is 0 Å². The Morgan fingerprint density at radius 2 is 1.85 bits per heavy atom. The van der Waals surface area contributed by atoms with Crippen LogP contribution in [0.15, 0.2) is 42.5 Å². The van der Waals surface area contributed by atoms with Crippen molar-refractivity contribution >= 4 is 16.9 Å². The molecule has 0 saturated carbocycles. The molecule has 0 amide bonds. The number of benzene rings is 2. The van der Waals surface area contributed by atoms with Crippen LogP contribution in [-0.2, 0) is 0 Å². The monoisotopic (exact) mass is 364 g/mol. The molecule has 2 aromatic carbocycles. The Kier molecular flexibility index (Phi) is 5.60. The second kappa shape index (κ2) is 8.08. The number of rotatable bonds is 7. The largest absolute Gasteiger partial charge is 0.545 e. The smallest absolute Gasteiger partial charge is 0.161 e. The third kappa shape index (κ3) is 4.03. The SMILES string of the molecule is CCCOc1ccc(-c2cc(C(=O)[O-])c3cc(C)ccc3n2)cc1OCC. The number of aryl methyl sites for hydroxylation is 1. The van der Waals surface area contributed by atoms with Gasteiger partial charge in [-0.3, -0.25) is 0 Å². The Bertz CT molecular complexity index is 981. The van der Waals surface area contributed by atoms with Crippen molar-refractivity contribution in [2.75, 3.05) is 13.2 Å². The lowest BCUT2D eigenvalue weighted by Crippen LogP contribution is -2.22. The minimum atomic E-state index is -1.22. The quantitative estimate of drug-likeness (QED) is 0.638. The predicted octanol–water partition coefficient (Wildman–Crippen LogP) is 3.76. The van der Waals surface area contributed by atoms with Crippen LogP contribution >= 0.6 is 0 Å². The number of carbonyl (C=O) groups is 1. The summed E-state index contributed by atoms with van der Waals surface area (Å²) in [7, 11) is 0. The van der Waals surface area contributed by atoms with Crippen LogP contribution in [0.2, 0.25) is 0 Å². The molecule has 0 aliphatic heterocycles. The number of hydrogen-bond acceptors (Lipinski definition) is 5. The summed E-state index contributed by atoms with van der Waals surface area (Å²) in [5.41, 5.74) is 3.01. The van der Waals surface area contributed by atoms with Gasteiger partial charge in [-0.1, -0.05) is 18.6 Å².